The van der Waals surface area contributed by atoms with Gasteiger partial charge in [0, 0.05) is 24.1 Å². The summed E-state index contributed by atoms with van der Waals surface area (Å²) in [6.07, 6.45) is -1.12. The zero-order chi connectivity index (χ0) is 17.9. The number of nitrogens with one attached hydrogen (secondary N) is 1. The van der Waals surface area contributed by atoms with Crippen LogP contribution in [0.5, 0.6) is 0 Å². The summed E-state index contributed by atoms with van der Waals surface area (Å²) in [7, 11) is 0. The number of anilines is 1. The van der Waals surface area contributed by atoms with Gasteiger partial charge in [0.2, 0.25) is 5.91 Å². The van der Waals surface area contributed by atoms with E-state index in [-0.39, 0.29) is 18.5 Å². The Hall–Kier alpha value is -2.57. The minimum Gasteiger partial charge on any atom is -0.351 e. The first-order chi connectivity index (χ1) is 11.9. The highest BCUT2D eigenvalue weighted by Crippen LogP contribution is 2.32. The third-order valence-corrected chi connectivity index (χ3v) is 4.17. The van der Waals surface area contributed by atoms with E-state index in [1.807, 2.05) is 11.0 Å². The lowest BCUT2D eigenvalue weighted by Gasteiger charge is -2.27. The van der Waals surface area contributed by atoms with E-state index in [1.165, 1.54) is 12.1 Å². The van der Waals surface area contributed by atoms with E-state index in [9.17, 15) is 18.0 Å². The van der Waals surface area contributed by atoms with Crippen LogP contribution in [0.2, 0.25) is 0 Å². The van der Waals surface area contributed by atoms with Crippen molar-refractivity contribution in [1.82, 2.24) is 10.3 Å². The van der Waals surface area contributed by atoms with Crippen molar-refractivity contribution in [3.8, 4) is 0 Å². The molecular formula is C18H18F3N3O. The molecule has 0 radical (unpaired) electrons. The van der Waals surface area contributed by atoms with Crippen molar-refractivity contribution in [2.75, 3.05) is 11.4 Å². The number of amides is 1. The summed E-state index contributed by atoms with van der Waals surface area (Å²) in [6.45, 7) is 0.694. The van der Waals surface area contributed by atoms with Crippen LogP contribution in [0.15, 0.2) is 48.7 Å². The van der Waals surface area contributed by atoms with Gasteiger partial charge in [0.1, 0.15) is 6.17 Å². The van der Waals surface area contributed by atoms with Crippen molar-refractivity contribution in [3.05, 3.63) is 59.9 Å². The smallest absolute Gasteiger partial charge is 0.351 e. The second-order valence-corrected chi connectivity index (χ2v) is 5.96. The van der Waals surface area contributed by atoms with Gasteiger partial charge < -0.3 is 10.2 Å². The van der Waals surface area contributed by atoms with Crippen LogP contribution in [-0.2, 0) is 17.4 Å². The fraction of sp³-hybridized carbons (Fsp3) is 0.333. The second-order valence-electron chi connectivity index (χ2n) is 5.96. The minimum absolute atomic E-state index is 0.150. The van der Waals surface area contributed by atoms with Gasteiger partial charge in [0.05, 0.1) is 12.0 Å². The fourth-order valence-corrected chi connectivity index (χ4v) is 2.97. The summed E-state index contributed by atoms with van der Waals surface area (Å²) in [4.78, 5) is 18.3. The number of carbonyl (C=O) groups is 1. The molecule has 1 unspecified atom stereocenters. The molecule has 1 aliphatic rings. The van der Waals surface area contributed by atoms with E-state index in [1.54, 1.807) is 18.3 Å². The number of hydrogen-bond donors (Lipinski definition) is 1. The van der Waals surface area contributed by atoms with E-state index in [2.05, 4.69) is 10.3 Å². The van der Waals surface area contributed by atoms with Gasteiger partial charge in [-0.2, -0.15) is 13.2 Å². The minimum atomic E-state index is -4.35. The first-order valence-electron chi connectivity index (χ1n) is 8.06. The molecule has 25 heavy (non-hydrogen) atoms. The van der Waals surface area contributed by atoms with E-state index >= 15 is 0 Å². The van der Waals surface area contributed by atoms with Crippen molar-refractivity contribution in [2.24, 2.45) is 0 Å². The van der Waals surface area contributed by atoms with Gasteiger partial charge >= 0.3 is 6.18 Å². The van der Waals surface area contributed by atoms with E-state index in [0.29, 0.717) is 17.9 Å². The van der Waals surface area contributed by atoms with Gasteiger partial charge in [-0.05, 0) is 49.2 Å². The molecule has 132 valence electrons. The molecule has 3 rings (SSSR count). The molecule has 1 N–H and O–H groups in total. The molecule has 1 atom stereocenters. The first kappa shape index (κ1) is 17.3. The lowest BCUT2D eigenvalue weighted by Crippen LogP contribution is -2.45. The molecule has 0 saturated carbocycles. The maximum Gasteiger partial charge on any atom is 0.416 e. The predicted octanol–water partition coefficient (Wildman–Crippen LogP) is 3.39. The molecule has 1 amide bonds. The second kappa shape index (κ2) is 7.13. The molecule has 2 aromatic rings. The highest BCUT2D eigenvalue weighted by atomic mass is 19.4. The molecule has 0 spiro atoms. The number of rotatable bonds is 4. The number of hydrogen-bond acceptors (Lipinski definition) is 3. The van der Waals surface area contributed by atoms with Crippen LogP contribution < -0.4 is 10.2 Å². The standard InChI is InChI=1S/C18H18F3N3O/c19-18(20,21)13-6-8-15(9-7-13)24-11-3-5-16(24)23-17(25)12-14-4-1-2-10-22-14/h1-2,4,6-10,16H,3,5,11-12H2,(H,23,25). The molecule has 2 heterocycles. The van der Waals surface area contributed by atoms with Crippen molar-refractivity contribution >= 4 is 11.6 Å². The third kappa shape index (κ3) is 4.29. The maximum absolute atomic E-state index is 12.7. The number of nitrogens with zero attached hydrogens (tertiary/aromatic N) is 2. The summed E-state index contributed by atoms with van der Waals surface area (Å²) in [5, 5.41) is 2.95. The molecule has 7 heteroatoms. The molecule has 1 aromatic heterocycles. The average Bonchev–Trinajstić information content (AvgIpc) is 3.03. The van der Waals surface area contributed by atoms with Crippen LogP contribution in [0.3, 0.4) is 0 Å². The van der Waals surface area contributed by atoms with Gasteiger partial charge in [0.15, 0.2) is 0 Å². The summed E-state index contributed by atoms with van der Waals surface area (Å²) in [5.41, 5.74) is 0.680. The number of halogens is 3. The van der Waals surface area contributed by atoms with E-state index in [0.717, 1.165) is 25.0 Å². The molecule has 0 aliphatic carbocycles. The Labute approximate surface area is 143 Å². The van der Waals surface area contributed by atoms with Crippen LogP contribution in [0.1, 0.15) is 24.1 Å². The number of aromatic nitrogens is 1. The van der Waals surface area contributed by atoms with E-state index < -0.39 is 11.7 Å². The largest absolute Gasteiger partial charge is 0.416 e. The quantitative estimate of drug-likeness (QED) is 0.920. The Morgan fingerprint density at radius 1 is 1.20 bits per heavy atom. The summed E-state index contributed by atoms with van der Waals surface area (Å²) in [5.74, 6) is -0.150. The number of alkyl halides is 3. The molecule has 1 saturated heterocycles. The Balaban J connectivity index is 1.65. The number of benzene rings is 1. The van der Waals surface area contributed by atoms with Crippen molar-refractivity contribution in [1.29, 1.82) is 0 Å². The van der Waals surface area contributed by atoms with Gasteiger partial charge in [0.25, 0.3) is 0 Å². The van der Waals surface area contributed by atoms with Gasteiger partial charge in [-0.1, -0.05) is 6.07 Å². The van der Waals surface area contributed by atoms with Crippen molar-refractivity contribution in [3.63, 3.8) is 0 Å². The highest BCUT2D eigenvalue weighted by molar-refractivity contribution is 5.78. The highest BCUT2D eigenvalue weighted by Gasteiger charge is 2.31. The lowest BCUT2D eigenvalue weighted by atomic mass is 10.2. The van der Waals surface area contributed by atoms with Gasteiger partial charge in [-0.25, -0.2) is 0 Å². The lowest BCUT2D eigenvalue weighted by molar-refractivity contribution is -0.137. The molecule has 1 aromatic carbocycles. The van der Waals surface area contributed by atoms with Crippen molar-refractivity contribution in [2.45, 2.75) is 31.6 Å². The van der Waals surface area contributed by atoms with Crippen molar-refractivity contribution < 1.29 is 18.0 Å². The summed E-state index contributed by atoms with van der Waals surface area (Å²) >= 11 is 0. The average molecular weight is 349 g/mol. The van der Waals surface area contributed by atoms with Crippen LogP contribution >= 0.6 is 0 Å². The molecule has 1 fully saturated rings. The Morgan fingerprint density at radius 3 is 2.60 bits per heavy atom. The van der Waals surface area contributed by atoms with Crippen LogP contribution in [0.4, 0.5) is 18.9 Å². The molecular weight excluding hydrogens is 331 g/mol. The Morgan fingerprint density at radius 2 is 1.96 bits per heavy atom. The maximum atomic E-state index is 12.7. The van der Waals surface area contributed by atoms with Crippen LogP contribution in [-0.4, -0.2) is 23.6 Å². The summed E-state index contributed by atoms with van der Waals surface area (Å²) < 4.78 is 38.0. The van der Waals surface area contributed by atoms with Crippen LogP contribution in [0, 0.1) is 0 Å². The topological polar surface area (TPSA) is 45.2 Å². The Kier molecular flexibility index (Phi) is 4.92. The predicted molar refractivity (Wildman–Crippen MR) is 87.9 cm³/mol. The zero-order valence-corrected chi connectivity index (χ0v) is 13.5. The first-order valence-corrected chi connectivity index (χ1v) is 8.06. The normalized spacial score (nSPS) is 17.6. The zero-order valence-electron chi connectivity index (χ0n) is 13.5. The molecule has 1 aliphatic heterocycles. The SMILES string of the molecule is O=C(Cc1ccccn1)NC1CCCN1c1ccc(C(F)(F)F)cc1. The molecule has 0 bridgehead atoms. The fourth-order valence-electron chi connectivity index (χ4n) is 2.97. The Bertz CT molecular complexity index is 717. The van der Waals surface area contributed by atoms with Gasteiger partial charge in [-0.3, -0.25) is 9.78 Å². The summed E-state index contributed by atoms with van der Waals surface area (Å²) in [6, 6.07) is 10.4. The third-order valence-electron chi connectivity index (χ3n) is 4.17. The molecule has 4 nitrogen and oxygen atoms in total. The van der Waals surface area contributed by atoms with E-state index in [4.69, 9.17) is 0 Å². The van der Waals surface area contributed by atoms with Crippen LogP contribution in [0.25, 0.3) is 0 Å². The van der Waals surface area contributed by atoms with Gasteiger partial charge in [-0.15, -0.1) is 0 Å². The number of carbonyl (C=O) groups excluding carboxylic acids is 1. The number of pyridine rings is 1. The monoisotopic (exact) mass is 349 g/mol.